The molecule has 1 fully saturated rings. The summed E-state index contributed by atoms with van der Waals surface area (Å²) in [6.45, 7) is 22.9. The number of ketones is 1. The highest BCUT2D eigenvalue weighted by molar-refractivity contribution is 8.77. The zero-order valence-corrected chi connectivity index (χ0v) is 80.1. The van der Waals surface area contributed by atoms with Gasteiger partial charge in [0.05, 0.1) is 18.6 Å². The fourth-order valence-corrected chi connectivity index (χ4v) is 18.2. The molecule has 38 nitrogen and oxygen atoms in total. The van der Waals surface area contributed by atoms with Crippen molar-refractivity contribution >= 4 is 150 Å². The van der Waals surface area contributed by atoms with E-state index in [4.69, 9.17) is 11.5 Å². The Morgan fingerprint density at radius 3 is 1.80 bits per heavy atom. The number of carbonyl (C=O) groups is 18. The second kappa shape index (κ2) is 49.2. The number of Topliss-reactive ketones (excluding diaryl/α,β-unsaturated/α-hetero) is 1. The summed E-state index contributed by atoms with van der Waals surface area (Å²) in [7, 11) is 3.24. The highest BCUT2D eigenvalue weighted by Gasteiger charge is 2.48. The smallest absolute Gasteiger partial charge is 0.303 e. The van der Waals surface area contributed by atoms with Crippen LogP contribution in [0.5, 0.6) is 0 Å². The van der Waals surface area contributed by atoms with E-state index >= 15 is 33.6 Å². The van der Waals surface area contributed by atoms with Crippen LogP contribution in [-0.2, 0) is 107 Å². The summed E-state index contributed by atoms with van der Waals surface area (Å²) in [6.07, 6.45) is -0.964. The predicted octanol–water partition coefficient (Wildman–Crippen LogP) is 2.53. The van der Waals surface area contributed by atoms with Gasteiger partial charge < -0.3 is 101 Å². The SMILES string of the molecule is CC(=O)NCCCC[C@@H]1NC(=O)[C@H](Cc2c[nH]c3c(C)cccc23)NC(=O)[C@H]([C@@H](C)O)NC(=O)[C@H](CC(C)C)NC(=O)[C@@H](NC(C)=O)C(C)(C)SSC(C)(C)[C@@H](C(=O)N[C@@H](Cc2ccc(C(N)=O)cc2)C(=O)N[C@@H](Cc2ccc3ccccc3c2)C(=O)N[C@@](C)(CC(C)C)C(=O)N[C@@H](CCC(=O)O)C(=O)N[C@@H](CC(N)=O)C(=O)N[C@@H](Cc2cccnc2)C(=O)N(C)C(C)C(C)=O)NC1=O. The maximum absolute atomic E-state index is 16.3. The maximum atomic E-state index is 16.3. The first-order chi connectivity index (χ1) is 62.9. The quantitative estimate of drug-likeness (QED) is 0.0194. The van der Waals surface area contributed by atoms with Crippen LogP contribution in [0.4, 0.5) is 0 Å². The maximum Gasteiger partial charge on any atom is 0.303 e. The van der Waals surface area contributed by atoms with Crippen LogP contribution in [0.2, 0.25) is 0 Å². The van der Waals surface area contributed by atoms with Crippen molar-refractivity contribution in [3.05, 3.63) is 149 Å². The van der Waals surface area contributed by atoms with Gasteiger partial charge in [-0.2, -0.15) is 0 Å². The van der Waals surface area contributed by atoms with Gasteiger partial charge in [0.25, 0.3) is 0 Å². The molecule has 3 heterocycles. The zero-order valence-electron chi connectivity index (χ0n) is 78.4. The first-order valence-corrected chi connectivity index (χ1v) is 46.5. The number of rotatable bonds is 40. The summed E-state index contributed by atoms with van der Waals surface area (Å²) in [6, 6.07) is 6.99. The van der Waals surface area contributed by atoms with Crippen LogP contribution in [0.1, 0.15) is 186 Å². The third-order valence-corrected chi connectivity index (χ3v) is 27.2. The minimum Gasteiger partial charge on any atom is -0.481 e. The molecular weight excluding hydrogens is 1770 g/mol. The number of hydrogen-bond acceptors (Lipinski definition) is 22. The summed E-state index contributed by atoms with van der Waals surface area (Å²) < 4.78 is -3.13. The molecule has 0 spiro atoms. The number of fused-ring (bicyclic) bond motifs is 2. The number of H-pyrrole nitrogens is 1. The largest absolute Gasteiger partial charge is 0.481 e. The van der Waals surface area contributed by atoms with Gasteiger partial charge in [-0.05, 0) is 169 Å². The van der Waals surface area contributed by atoms with Gasteiger partial charge >= 0.3 is 5.97 Å². The van der Waals surface area contributed by atoms with E-state index in [0.29, 0.717) is 33.0 Å². The van der Waals surface area contributed by atoms with E-state index in [9.17, 15) is 63.0 Å². The standard InChI is InChI=1S/C94H128N18O20S2/c1-49(2)39-67-85(126)109-76(54(8)114)87(128)104-70(44-63-48-99-75-51(5)23-21-27-64(63)75)83(124)101-65(28-19-20-38-98-55(9)115)81(122)110-78(93(13,14)134-133-92(11,12)77(88(129)105-67)100-56(10)116)89(130)106-68(41-57-29-33-61(34-30-57)79(96)120)82(123)102-69(42-58-31-32-60-25-17-18-26-62(60)40-58)86(127)111-94(15,46-50(3)4)91(132)108-66(35-36-74(118)119)80(121)103-71(45-73(95)117)84(125)107-72(43-59-24-22-37-97-47-59)90(131)112(16)52(6)53(7)113/h17-18,21-27,29-34,37,40,47-50,52,54,65-72,76-78,99,114H,19-20,28,35-36,38-39,41-46H2,1-16H3,(H2,95,117)(H2,96,120)(H,98,115)(H,100,116)(H,101,124)(H,102,123)(H,103,121)(H,104,128)(H,105,129)(H,106,130)(H,107,125)(H,108,132)(H,109,126)(H,110,122)(H,111,127)(H,118,119)/t52?,54-,65+,66+,67+,68+,69+,70+,71+,72+,76+,77-,78-,94+/m1/s1. The third kappa shape index (κ3) is 32.0. The van der Waals surface area contributed by atoms with Crippen molar-refractivity contribution in [1.29, 1.82) is 0 Å². The Hall–Kier alpha value is -12.8. The number of benzene rings is 4. The number of nitrogens with one attached hydrogen (secondary N) is 14. The van der Waals surface area contributed by atoms with Crippen molar-refractivity contribution in [3.8, 4) is 0 Å². The Bertz CT molecular complexity index is 5280. The Morgan fingerprint density at radius 1 is 0.597 bits per heavy atom. The molecule has 0 aliphatic carbocycles. The number of aliphatic hydroxyl groups is 1. The molecule has 6 aromatic rings. The van der Waals surface area contributed by atoms with Crippen molar-refractivity contribution in [3.63, 3.8) is 0 Å². The predicted molar refractivity (Wildman–Crippen MR) is 505 cm³/mol. The number of carboxylic acids is 1. The molecule has 20 N–H and O–H groups in total. The van der Waals surface area contributed by atoms with Gasteiger partial charge in [-0.15, -0.1) is 0 Å². The molecule has 2 aromatic heterocycles. The number of nitrogens with two attached hydrogens (primary N) is 2. The number of pyridine rings is 1. The van der Waals surface area contributed by atoms with Crippen LogP contribution in [-0.4, -0.2) is 239 Å². The number of aliphatic hydroxyl groups excluding tert-OH is 1. The molecule has 1 unspecified atom stereocenters. The van der Waals surface area contributed by atoms with Crippen LogP contribution >= 0.6 is 21.6 Å². The Morgan fingerprint density at radius 2 is 1.19 bits per heavy atom. The van der Waals surface area contributed by atoms with Gasteiger partial charge in [0.1, 0.15) is 72.0 Å². The minimum absolute atomic E-state index is 0.0392. The zero-order chi connectivity index (χ0) is 99.6. The molecule has 134 heavy (non-hydrogen) atoms. The Kier molecular flexibility index (Phi) is 39.7. The van der Waals surface area contributed by atoms with E-state index in [-0.39, 0.29) is 80.9 Å². The highest BCUT2D eigenvalue weighted by atomic mass is 33.1. The number of unbranched alkanes of at least 4 members (excludes halogenated alkanes) is 1. The first kappa shape index (κ1) is 108. The number of amides is 16. The minimum atomic E-state index is -2.13. The first-order valence-electron chi connectivity index (χ1n) is 44.4. The fraction of sp³-hybridized carbons (Fsp3) is 0.500. The Labute approximate surface area is 786 Å². The van der Waals surface area contributed by atoms with Crippen molar-refractivity contribution in [1.82, 2.24) is 84.0 Å². The number of likely N-dealkylation sites (N-methyl/N-ethyl adjacent to an activating group) is 1. The average molecular weight is 1890 g/mol. The van der Waals surface area contributed by atoms with E-state index in [0.717, 1.165) is 44.4 Å². The molecule has 1 aliphatic rings. The van der Waals surface area contributed by atoms with Crippen LogP contribution in [0, 0.1) is 18.8 Å². The van der Waals surface area contributed by atoms with Crippen molar-refractivity contribution in [2.45, 2.75) is 275 Å². The normalized spacial score (nSPS) is 19.3. The summed E-state index contributed by atoms with van der Waals surface area (Å²) in [5, 5.41) is 58.6. The summed E-state index contributed by atoms with van der Waals surface area (Å²) in [5.74, 6) is -18.0. The summed E-state index contributed by atoms with van der Waals surface area (Å²) >= 11 is 0. The molecule has 0 saturated carbocycles. The molecule has 726 valence electrons. The molecule has 1 aliphatic heterocycles. The average Bonchev–Trinajstić information content (AvgIpc) is 1.25. The molecule has 0 bridgehead atoms. The highest BCUT2D eigenvalue weighted by Crippen LogP contribution is 2.47. The van der Waals surface area contributed by atoms with Gasteiger partial charge in [0.2, 0.25) is 94.5 Å². The van der Waals surface area contributed by atoms with Crippen LogP contribution in [0.3, 0.4) is 0 Å². The molecule has 0 radical (unpaired) electrons. The molecule has 7 rings (SSSR count). The van der Waals surface area contributed by atoms with Gasteiger partial charge in [-0.1, -0.05) is 128 Å². The second-order valence-electron chi connectivity index (χ2n) is 36.2. The summed E-state index contributed by atoms with van der Waals surface area (Å²) in [4.78, 5) is 267. The number of aliphatic carboxylic acids is 1. The van der Waals surface area contributed by atoms with Gasteiger partial charge in [-0.3, -0.25) is 91.3 Å². The monoisotopic (exact) mass is 1890 g/mol. The van der Waals surface area contributed by atoms with Crippen molar-refractivity contribution in [2.24, 2.45) is 23.3 Å². The van der Waals surface area contributed by atoms with Crippen molar-refractivity contribution < 1.29 is 96.5 Å². The van der Waals surface area contributed by atoms with E-state index in [1.54, 1.807) is 122 Å². The summed E-state index contributed by atoms with van der Waals surface area (Å²) in [5.41, 5.74) is 12.4. The number of nitrogens with zero attached hydrogens (tertiary/aromatic N) is 2. The molecule has 4 aromatic carbocycles. The second-order valence-corrected chi connectivity index (χ2v) is 39.7. The van der Waals surface area contributed by atoms with E-state index in [1.165, 1.54) is 78.3 Å². The van der Waals surface area contributed by atoms with Gasteiger partial charge in [0, 0.05) is 104 Å². The van der Waals surface area contributed by atoms with E-state index in [1.807, 2.05) is 19.1 Å². The van der Waals surface area contributed by atoms with Crippen molar-refractivity contribution in [2.75, 3.05) is 13.6 Å². The molecule has 1 saturated heterocycles. The number of aryl methyl sites for hydroxylation is 1. The number of aromatic amines is 1. The number of primary amides is 2. The van der Waals surface area contributed by atoms with Crippen LogP contribution in [0.15, 0.2) is 116 Å². The fourth-order valence-electron chi connectivity index (χ4n) is 15.4. The van der Waals surface area contributed by atoms with Crippen LogP contribution in [0.25, 0.3) is 21.7 Å². The third-order valence-electron chi connectivity index (χ3n) is 22.9. The number of hydrogen-bond donors (Lipinski definition) is 18. The van der Waals surface area contributed by atoms with Crippen LogP contribution < -0.4 is 80.6 Å². The number of carboxylic acid groups (broad SMARTS) is 1. The molecule has 40 heteroatoms. The van der Waals surface area contributed by atoms with Gasteiger partial charge in [0.15, 0.2) is 5.78 Å². The number of para-hydroxylation sites is 1. The molecule has 14 atom stereocenters. The van der Waals surface area contributed by atoms with Gasteiger partial charge in [-0.25, -0.2) is 0 Å². The topological polar surface area (TPSA) is 588 Å². The lowest BCUT2D eigenvalue weighted by molar-refractivity contribution is -0.141. The lowest BCUT2D eigenvalue weighted by Gasteiger charge is -2.39. The molecule has 16 amide bonds. The lowest BCUT2D eigenvalue weighted by atomic mass is 9.88. The van der Waals surface area contributed by atoms with E-state index < -0.39 is 226 Å². The number of aromatic nitrogens is 2. The molecular formula is C94H128N18O20S2. The number of carbonyl (C=O) groups excluding carboxylic acids is 17. The Balaban J connectivity index is 1.35. The lowest BCUT2D eigenvalue weighted by Crippen LogP contribution is -2.65. The van der Waals surface area contributed by atoms with E-state index in [2.05, 4.69) is 79.1 Å².